The second-order valence-corrected chi connectivity index (χ2v) is 2.72. The molecule has 1 aromatic rings. The van der Waals surface area contributed by atoms with Crippen molar-refractivity contribution in [3.8, 4) is 0 Å². The molecule has 0 aliphatic carbocycles. The van der Waals surface area contributed by atoms with Crippen LogP contribution in [0.4, 0.5) is 5.82 Å². The lowest BCUT2D eigenvalue weighted by molar-refractivity contribution is 0.0592. The molecule has 0 saturated carbocycles. The molecule has 68 valence electrons. The van der Waals surface area contributed by atoms with E-state index < -0.39 is 5.97 Å². The van der Waals surface area contributed by atoms with Crippen LogP contribution in [0.2, 0.25) is 0 Å². The maximum absolute atomic E-state index is 11.2. The molecular formula is C8H9N3O2. The molecule has 0 saturated heterocycles. The quantitative estimate of drug-likeness (QED) is 0.625. The summed E-state index contributed by atoms with van der Waals surface area (Å²) in [5.41, 5.74) is 1.23. The molecule has 1 aliphatic rings. The van der Waals surface area contributed by atoms with Crippen molar-refractivity contribution >= 4 is 11.8 Å². The summed E-state index contributed by atoms with van der Waals surface area (Å²) in [6, 6.07) is 0. The van der Waals surface area contributed by atoms with Crippen LogP contribution >= 0.6 is 0 Å². The van der Waals surface area contributed by atoms with E-state index in [1.165, 1.54) is 13.4 Å². The number of nitrogens with one attached hydrogen (secondary N) is 1. The third-order valence-electron chi connectivity index (χ3n) is 1.99. The van der Waals surface area contributed by atoms with E-state index in [4.69, 9.17) is 0 Å². The van der Waals surface area contributed by atoms with Gasteiger partial charge in [0, 0.05) is 12.1 Å². The fourth-order valence-corrected chi connectivity index (χ4v) is 1.38. The van der Waals surface area contributed by atoms with Crippen molar-refractivity contribution < 1.29 is 9.53 Å². The first-order valence-corrected chi connectivity index (χ1v) is 3.99. The van der Waals surface area contributed by atoms with E-state index in [0.717, 1.165) is 24.3 Å². The number of anilines is 1. The third-order valence-corrected chi connectivity index (χ3v) is 1.99. The standard InChI is InChI=1S/C8H9N3O2/c1-13-8(12)6-5-2-3-9-7(5)11-4-10-6/h4H,2-3H2,1H3,(H,9,10,11). The molecule has 0 radical (unpaired) electrons. The number of esters is 1. The molecule has 0 fully saturated rings. The minimum Gasteiger partial charge on any atom is -0.464 e. The molecule has 0 spiro atoms. The van der Waals surface area contributed by atoms with Gasteiger partial charge in [0.05, 0.1) is 7.11 Å². The monoisotopic (exact) mass is 179 g/mol. The van der Waals surface area contributed by atoms with Crippen LogP contribution in [0, 0.1) is 0 Å². The van der Waals surface area contributed by atoms with Crippen LogP contribution in [0.1, 0.15) is 16.1 Å². The second kappa shape index (κ2) is 3.01. The van der Waals surface area contributed by atoms with Crippen molar-refractivity contribution in [2.75, 3.05) is 19.0 Å². The SMILES string of the molecule is COC(=O)c1ncnc2c1CCN2. The molecule has 13 heavy (non-hydrogen) atoms. The van der Waals surface area contributed by atoms with E-state index in [9.17, 15) is 4.79 Å². The number of carbonyl (C=O) groups is 1. The van der Waals surface area contributed by atoms with Crippen molar-refractivity contribution in [1.82, 2.24) is 9.97 Å². The Bertz CT molecular complexity index is 351. The second-order valence-electron chi connectivity index (χ2n) is 2.72. The molecule has 0 bridgehead atoms. The van der Waals surface area contributed by atoms with Gasteiger partial charge in [-0.15, -0.1) is 0 Å². The molecule has 2 heterocycles. The van der Waals surface area contributed by atoms with Crippen LogP contribution in [0.3, 0.4) is 0 Å². The maximum Gasteiger partial charge on any atom is 0.357 e. The Hall–Kier alpha value is -1.65. The largest absolute Gasteiger partial charge is 0.464 e. The number of methoxy groups -OCH3 is 1. The Morgan fingerprint density at radius 3 is 3.23 bits per heavy atom. The number of hydrogen-bond donors (Lipinski definition) is 1. The lowest BCUT2D eigenvalue weighted by Crippen LogP contribution is -2.08. The first kappa shape index (κ1) is 7.97. The molecule has 5 heteroatoms. The predicted molar refractivity (Wildman–Crippen MR) is 45.6 cm³/mol. The Balaban J connectivity index is 2.47. The summed E-state index contributed by atoms with van der Waals surface area (Å²) in [6.45, 7) is 0.804. The number of carbonyl (C=O) groups excluding carboxylic acids is 1. The summed E-state index contributed by atoms with van der Waals surface area (Å²) >= 11 is 0. The van der Waals surface area contributed by atoms with Crippen LogP contribution in [-0.4, -0.2) is 29.6 Å². The normalized spacial score (nSPS) is 13.3. The van der Waals surface area contributed by atoms with Crippen LogP contribution in [-0.2, 0) is 11.2 Å². The minimum atomic E-state index is -0.401. The van der Waals surface area contributed by atoms with Gasteiger partial charge in [0.25, 0.3) is 0 Å². The van der Waals surface area contributed by atoms with Gasteiger partial charge in [0.2, 0.25) is 0 Å². The number of nitrogens with zero attached hydrogens (tertiary/aromatic N) is 2. The number of rotatable bonds is 1. The highest BCUT2D eigenvalue weighted by atomic mass is 16.5. The number of hydrogen-bond acceptors (Lipinski definition) is 5. The van der Waals surface area contributed by atoms with Crippen molar-refractivity contribution in [2.24, 2.45) is 0 Å². The van der Waals surface area contributed by atoms with E-state index in [-0.39, 0.29) is 0 Å². The number of aromatic nitrogens is 2. The van der Waals surface area contributed by atoms with Crippen molar-refractivity contribution in [3.05, 3.63) is 17.6 Å². The topological polar surface area (TPSA) is 64.1 Å². The van der Waals surface area contributed by atoms with Gasteiger partial charge >= 0.3 is 5.97 Å². The highest BCUT2D eigenvalue weighted by Crippen LogP contribution is 2.21. The Morgan fingerprint density at radius 1 is 1.62 bits per heavy atom. The summed E-state index contributed by atoms with van der Waals surface area (Å²) in [6.07, 6.45) is 2.14. The molecule has 1 aromatic heterocycles. The first-order valence-electron chi connectivity index (χ1n) is 3.99. The molecule has 2 rings (SSSR count). The van der Waals surface area contributed by atoms with Gasteiger partial charge in [-0.25, -0.2) is 14.8 Å². The average molecular weight is 179 g/mol. The van der Waals surface area contributed by atoms with E-state index in [2.05, 4.69) is 20.0 Å². The van der Waals surface area contributed by atoms with Gasteiger partial charge in [0.1, 0.15) is 12.1 Å². The lowest BCUT2D eigenvalue weighted by atomic mass is 10.2. The zero-order valence-corrected chi connectivity index (χ0v) is 7.20. The highest BCUT2D eigenvalue weighted by molar-refractivity contribution is 5.90. The van der Waals surface area contributed by atoms with Gasteiger partial charge in [0.15, 0.2) is 5.69 Å². The van der Waals surface area contributed by atoms with Gasteiger partial charge in [-0.1, -0.05) is 0 Å². The summed E-state index contributed by atoms with van der Waals surface area (Å²) in [7, 11) is 1.35. The van der Waals surface area contributed by atoms with Gasteiger partial charge in [-0.3, -0.25) is 0 Å². The highest BCUT2D eigenvalue weighted by Gasteiger charge is 2.21. The molecule has 5 nitrogen and oxygen atoms in total. The summed E-state index contributed by atoms with van der Waals surface area (Å²) in [5, 5.41) is 3.06. The van der Waals surface area contributed by atoms with Crippen molar-refractivity contribution in [2.45, 2.75) is 6.42 Å². The molecule has 0 amide bonds. The Kier molecular flexibility index (Phi) is 1.84. The van der Waals surface area contributed by atoms with E-state index in [1.807, 2.05) is 0 Å². The molecule has 0 atom stereocenters. The maximum atomic E-state index is 11.2. The summed E-state index contributed by atoms with van der Waals surface area (Å²) < 4.78 is 4.60. The van der Waals surface area contributed by atoms with Crippen LogP contribution < -0.4 is 5.32 Å². The van der Waals surface area contributed by atoms with Crippen LogP contribution in [0.15, 0.2) is 6.33 Å². The van der Waals surface area contributed by atoms with Crippen LogP contribution in [0.5, 0.6) is 0 Å². The Labute approximate surface area is 75.1 Å². The van der Waals surface area contributed by atoms with E-state index in [0.29, 0.717) is 5.69 Å². The number of fused-ring (bicyclic) bond motifs is 1. The van der Waals surface area contributed by atoms with Gasteiger partial charge < -0.3 is 10.1 Å². The minimum absolute atomic E-state index is 0.373. The van der Waals surface area contributed by atoms with Gasteiger partial charge in [-0.05, 0) is 6.42 Å². The molecule has 0 unspecified atom stereocenters. The van der Waals surface area contributed by atoms with E-state index in [1.54, 1.807) is 0 Å². The first-order chi connectivity index (χ1) is 6.33. The summed E-state index contributed by atoms with van der Waals surface area (Å²) in [4.78, 5) is 19.1. The molecule has 1 aliphatic heterocycles. The fourth-order valence-electron chi connectivity index (χ4n) is 1.38. The molecular weight excluding hydrogens is 170 g/mol. The van der Waals surface area contributed by atoms with Crippen molar-refractivity contribution in [1.29, 1.82) is 0 Å². The molecule has 1 N–H and O–H groups in total. The summed E-state index contributed by atoms with van der Waals surface area (Å²) in [5.74, 6) is 0.345. The number of ether oxygens (including phenoxy) is 1. The van der Waals surface area contributed by atoms with Crippen LogP contribution in [0.25, 0.3) is 0 Å². The Morgan fingerprint density at radius 2 is 2.46 bits per heavy atom. The lowest BCUT2D eigenvalue weighted by Gasteiger charge is -2.02. The zero-order chi connectivity index (χ0) is 9.26. The van der Waals surface area contributed by atoms with Gasteiger partial charge in [-0.2, -0.15) is 0 Å². The predicted octanol–water partition coefficient (Wildman–Crippen LogP) is 0.231. The van der Waals surface area contributed by atoms with E-state index >= 15 is 0 Å². The molecule has 0 aromatic carbocycles. The average Bonchev–Trinajstić information content (AvgIpc) is 2.63. The third kappa shape index (κ3) is 1.22. The van der Waals surface area contributed by atoms with Crippen molar-refractivity contribution in [3.63, 3.8) is 0 Å². The zero-order valence-electron chi connectivity index (χ0n) is 7.20. The fraction of sp³-hybridized carbons (Fsp3) is 0.375. The smallest absolute Gasteiger partial charge is 0.357 e.